The Bertz CT molecular complexity index is 1890. The van der Waals surface area contributed by atoms with Crippen molar-refractivity contribution in [2.45, 2.75) is 26.2 Å². The maximum atomic E-state index is 6.59. The topological polar surface area (TPSA) is 13.1 Å². The second-order valence-electron chi connectivity index (χ2n) is 10.9. The van der Waals surface area contributed by atoms with E-state index in [0.29, 0.717) is 0 Å². The van der Waals surface area contributed by atoms with Crippen LogP contribution < -0.4 is 0 Å². The van der Waals surface area contributed by atoms with Crippen LogP contribution in [0.25, 0.3) is 65.7 Å². The number of fused-ring (bicyclic) bond motifs is 5. The summed E-state index contributed by atoms with van der Waals surface area (Å²) in [6.07, 6.45) is 0. The third kappa shape index (κ3) is 3.31. The smallest absolute Gasteiger partial charge is 0.139 e. The van der Waals surface area contributed by atoms with Crippen molar-refractivity contribution in [3.63, 3.8) is 0 Å². The molecule has 0 unspecified atom stereocenters. The van der Waals surface area contributed by atoms with Gasteiger partial charge in [0.1, 0.15) is 11.2 Å². The van der Waals surface area contributed by atoms with Crippen molar-refractivity contribution in [2.24, 2.45) is 0 Å². The van der Waals surface area contributed by atoms with Crippen LogP contribution in [0.5, 0.6) is 0 Å². The molecule has 1 heteroatoms. The lowest BCUT2D eigenvalue weighted by molar-refractivity contribution is 0.573. The van der Waals surface area contributed by atoms with E-state index in [4.69, 9.17) is 4.42 Å². The van der Waals surface area contributed by atoms with Gasteiger partial charge in [-0.1, -0.05) is 130 Å². The molecule has 37 heavy (non-hydrogen) atoms. The maximum Gasteiger partial charge on any atom is 0.139 e. The zero-order chi connectivity index (χ0) is 25.1. The van der Waals surface area contributed by atoms with Crippen LogP contribution in [0.15, 0.2) is 120 Å². The largest absolute Gasteiger partial charge is 0.456 e. The second kappa shape index (κ2) is 8.08. The Morgan fingerprint density at radius 2 is 1.03 bits per heavy atom. The minimum absolute atomic E-state index is 0.00965. The number of hydrogen-bond donors (Lipinski definition) is 0. The Balaban J connectivity index is 1.67. The Labute approximate surface area is 217 Å². The average Bonchev–Trinajstić information content (AvgIpc) is 3.31. The zero-order valence-corrected chi connectivity index (χ0v) is 21.4. The lowest BCUT2D eigenvalue weighted by atomic mass is 9.84. The molecule has 0 saturated carbocycles. The molecule has 0 bridgehead atoms. The van der Waals surface area contributed by atoms with Crippen LogP contribution in [-0.2, 0) is 5.41 Å². The van der Waals surface area contributed by atoms with Crippen molar-refractivity contribution in [3.8, 4) is 22.3 Å². The van der Waals surface area contributed by atoms with Gasteiger partial charge in [0.25, 0.3) is 0 Å². The highest BCUT2D eigenvalue weighted by molar-refractivity contribution is 6.25. The molecule has 0 aliphatic rings. The maximum absolute atomic E-state index is 6.59. The molecule has 7 rings (SSSR count). The summed E-state index contributed by atoms with van der Waals surface area (Å²) in [5.74, 6) is 0. The number of para-hydroxylation sites is 1. The van der Waals surface area contributed by atoms with Gasteiger partial charge in [-0.2, -0.15) is 0 Å². The fourth-order valence-electron chi connectivity index (χ4n) is 5.98. The second-order valence-corrected chi connectivity index (χ2v) is 10.9. The molecule has 1 heterocycles. The number of benzene rings is 6. The summed E-state index contributed by atoms with van der Waals surface area (Å²) < 4.78 is 6.59. The molecule has 0 radical (unpaired) electrons. The van der Waals surface area contributed by atoms with Gasteiger partial charge in [-0.15, -0.1) is 0 Å². The first-order valence-corrected chi connectivity index (χ1v) is 13.0. The van der Waals surface area contributed by atoms with Crippen molar-refractivity contribution in [2.75, 3.05) is 0 Å². The standard InChI is InChI=1S/C36H28O/c1-36(2,3)30-21-11-20-29-34-28(19-12-22-31(34)37-35(29)30)33-26-17-9-7-15-24(26)32(23-13-5-4-6-14-23)25-16-8-10-18-27(25)33/h4-22H,1-3H3. The fourth-order valence-corrected chi connectivity index (χ4v) is 5.98. The molecule has 0 aliphatic carbocycles. The third-order valence-corrected chi connectivity index (χ3v) is 7.59. The first kappa shape index (κ1) is 21.9. The van der Waals surface area contributed by atoms with Gasteiger partial charge in [0, 0.05) is 16.3 Å². The number of furan rings is 1. The first-order valence-electron chi connectivity index (χ1n) is 13.0. The quantitative estimate of drug-likeness (QED) is 0.226. The van der Waals surface area contributed by atoms with Crippen molar-refractivity contribution in [3.05, 3.63) is 121 Å². The predicted octanol–water partition coefficient (Wildman–Crippen LogP) is 10.5. The van der Waals surface area contributed by atoms with Crippen molar-refractivity contribution >= 4 is 43.5 Å². The Morgan fingerprint density at radius 1 is 0.486 bits per heavy atom. The van der Waals surface area contributed by atoms with Gasteiger partial charge in [-0.05, 0) is 55.3 Å². The Kier molecular flexibility index (Phi) is 4.78. The van der Waals surface area contributed by atoms with Gasteiger partial charge in [-0.3, -0.25) is 0 Å². The summed E-state index contributed by atoms with van der Waals surface area (Å²) >= 11 is 0. The van der Waals surface area contributed by atoms with E-state index in [1.165, 1.54) is 60.1 Å². The summed E-state index contributed by atoms with van der Waals surface area (Å²) in [5, 5.41) is 7.41. The van der Waals surface area contributed by atoms with Crippen LogP contribution in [-0.4, -0.2) is 0 Å². The van der Waals surface area contributed by atoms with Crippen LogP contribution in [0, 0.1) is 0 Å². The van der Waals surface area contributed by atoms with E-state index < -0.39 is 0 Å². The molecule has 0 atom stereocenters. The van der Waals surface area contributed by atoms with Crippen molar-refractivity contribution in [1.29, 1.82) is 0 Å². The van der Waals surface area contributed by atoms with E-state index in [0.717, 1.165) is 11.2 Å². The normalized spacial score (nSPS) is 12.2. The summed E-state index contributed by atoms with van der Waals surface area (Å²) in [5.41, 5.74) is 8.16. The van der Waals surface area contributed by atoms with E-state index in [-0.39, 0.29) is 5.41 Å². The summed E-state index contributed by atoms with van der Waals surface area (Å²) in [4.78, 5) is 0. The lowest BCUT2D eigenvalue weighted by Gasteiger charge is -2.19. The van der Waals surface area contributed by atoms with Crippen LogP contribution >= 0.6 is 0 Å². The van der Waals surface area contributed by atoms with Crippen LogP contribution in [0.2, 0.25) is 0 Å². The monoisotopic (exact) mass is 476 g/mol. The number of rotatable bonds is 2. The summed E-state index contributed by atoms with van der Waals surface area (Å²) in [6, 6.07) is 41.5. The number of hydrogen-bond acceptors (Lipinski definition) is 1. The van der Waals surface area contributed by atoms with E-state index in [9.17, 15) is 0 Å². The minimum atomic E-state index is -0.00965. The molecule has 0 amide bonds. The molecule has 1 aromatic heterocycles. The van der Waals surface area contributed by atoms with Gasteiger partial charge in [0.15, 0.2) is 0 Å². The SMILES string of the molecule is CC(C)(C)c1cccc2c1oc1cccc(-c3c4ccccc4c(-c4ccccc4)c4ccccc34)c12. The van der Waals surface area contributed by atoms with E-state index >= 15 is 0 Å². The third-order valence-electron chi connectivity index (χ3n) is 7.59. The van der Waals surface area contributed by atoms with Crippen LogP contribution in [0.4, 0.5) is 0 Å². The molecule has 0 saturated heterocycles. The van der Waals surface area contributed by atoms with Gasteiger partial charge < -0.3 is 4.42 Å². The summed E-state index contributed by atoms with van der Waals surface area (Å²) in [6.45, 7) is 6.75. The molecular formula is C36H28O. The molecule has 1 nitrogen and oxygen atoms in total. The molecule has 6 aromatic carbocycles. The molecule has 0 aliphatic heterocycles. The fraction of sp³-hybridized carbons (Fsp3) is 0.111. The van der Waals surface area contributed by atoms with Gasteiger partial charge in [0.05, 0.1) is 0 Å². The van der Waals surface area contributed by atoms with Gasteiger partial charge >= 0.3 is 0 Å². The van der Waals surface area contributed by atoms with Gasteiger partial charge in [-0.25, -0.2) is 0 Å². The molecule has 0 spiro atoms. The van der Waals surface area contributed by atoms with E-state index in [1.807, 2.05) is 0 Å². The highest BCUT2D eigenvalue weighted by Gasteiger charge is 2.23. The molecule has 0 fully saturated rings. The van der Waals surface area contributed by atoms with Crippen LogP contribution in [0.1, 0.15) is 26.3 Å². The average molecular weight is 477 g/mol. The van der Waals surface area contributed by atoms with E-state index in [2.05, 4.69) is 136 Å². The van der Waals surface area contributed by atoms with Crippen molar-refractivity contribution in [1.82, 2.24) is 0 Å². The zero-order valence-electron chi connectivity index (χ0n) is 21.4. The highest BCUT2D eigenvalue weighted by atomic mass is 16.3. The lowest BCUT2D eigenvalue weighted by Crippen LogP contribution is -2.10. The highest BCUT2D eigenvalue weighted by Crippen LogP contribution is 2.47. The molecular weight excluding hydrogens is 448 g/mol. The van der Waals surface area contributed by atoms with Gasteiger partial charge in [0.2, 0.25) is 0 Å². The molecule has 7 aromatic rings. The minimum Gasteiger partial charge on any atom is -0.456 e. The Morgan fingerprint density at radius 3 is 1.65 bits per heavy atom. The summed E-state index contributed by atoms with van der Waals surface area (Å²) in [7, 11) is 0. The molecule has 178 valence electrons. The Hall–Kier alpha value is -4.36. The predicted molar refractivity (Wildman–Crippen MR) is 158 cm³/mol. The van der Waals surface area contributed by atoms with Crippen LogP contribution in [0.3, 0.4) is 0 Å². The first-order chi connectivity index (χ1) is 18.0. The van der Waals surface area contributed by atoms with Crippen molar-refractivity contribution < 1.29 is 4.42 Å². The molecule has 0 N–H and O–H groups in total. The van der Waals surface area contributed by atoms with E-state index in [1.54, 1.807) is 0 Å².